The normalized spacial score (nSPS) is 13.4. The van der Waals surface area contributed by atoms with Gasteiger partial charge in [-0.1, -0.05) is 12.1 Å². The second-order valence-electron chi connectivity index (χ2n) is 7.03. The van der Waals surface area contributed by atoms with Crippen LogP contribution in [0.25, 0.3) is 0 Å². The Balaban J connectivity index is 1.58. The summed E-state index contributed by atoms with van der Waals surface area (Å²) in [6, 6.07) is 12.1. The molecule has 8 nitrogen and oxygen atoms in total. The molecular formula is C21H21N5O3S. The zero-order valence-corrected chi connectivity index (χ0v) is 17.3. The quantitative estimate of drug-likeness (QED) is 0.468. The molecule has 1 aliphatic heterocycles. The number of hydrogen-bond acceptors (Lipinski definition) is 6. The molecule has 1 N–H and O–H groups in total. The first-order chi connectivity index (χ1) is 14.5. The van der Waals surface area contributed by atoms with Crippen LogP contribution in [0, 0.1) is 10.1 Å². The first kappa shape index (κ1) is 20.0. The molecular weight excluding hydrogens is 402 g/mol. The Kier molecular flexibility index (Phi) is 5.71. The summed E-state index contributed by atoms with van der Waals surface area (Å²) in [5.74, 6) is -0.390. The lowest BCUT2D eigenvalue weighted by Crippen LogP contribution is -2.20. The van der Waals surface area contributed by atoms with Crippen LogP contribution in [0.3, 0.4) is 0 Å². The molecule has 0 spiro atoms. The van der Waals surface area contributed by atoms with Crippen molar-refractivity contribution in [3.8, 4) is 0 Å². The van der Waals surface area contributed by atoms with Crippen molar-refractivity contribution in [2.45, 2.75) is 22.9 Å². The Bertz CT molecular complexity index is 1090. The number of nitro groups is 1. The molecule has 1 aliphatic rings. The van der Waals surface area contributed by atoms with E-state index >= 15 is 0 Å². The van der Waals surface area contributed by atoms with Crippen molar-refractivity contribution in [2.24, 2.45) is 7.05 Å². The molecule has 1 fully saturated rings. The topological polar surface area (TPSA) is 93.3 Å². The van der Waals surface area contributed by atoms with Crippen LogP contribution in [-0.4, -0.2) is 33.5 Å². The summed E-state index contributed by atoms with van der Waals surface area (Å²) >= 11 is 1.43. The number of nitrogens with zero attached hydrogens (tertiary/aromatic N) is 4. The van der Waals surface area contributed by atoms with Crippen LogP contribution in [0.2, 0.25) is 0 Å². The minimum Gasteiger partial charge on any atom is -0.366 e. The van der Waals surface area contributed by atoms with Gasteiger partial charge in [0.2, 0.25) is 0 Å². The number of aromatic nitrogens is 2. The maximum absolute atomic E-state index is 12.9. The molecule has 9 heteroatoms. The summed E-state index contributed by atoms with van der Waals surface area (Å²) in [7, 11) is 1.90. The minimum atomic E-state index is -0.421. The number of imidazole rings is 1. The molecule has 154 valence electrons. The molecule has 4 rings (SSSR count). The molecule has 0 atom stereocenters. The molecule has 0 unspecified atom stereocenters. The standard InChI is InChI=1S/C21H21N5O3S/c1-24-13-10-22-21(24)30-19-7-3-2-6-16(19)23-20(27)15-8-9-17(18(14-15)26(28)29)25-11-4-5-12-25/h2-3,6-10,13-14H,4-5,11-12H2,1H3,(H,23,27). The van der Waals surface area contributed by atoms with Gasteiger partial charge in [0.25, 0.3) is 11.6 Å². The Morgan fingerprint density at radius 1 is 1.20 bits per heavy atom. The van der Waals surface area contributed by atoms with E-state index in [1.54, 1.807) is 24.4 Å². The van der Waals surface area contributed by atoms with Crippen molar-refractivity contribution in [1.82, 2.24) is 9.55 Å². The van der Waals surface area contributed by atoms with E-state index in [1.807, 2.05) is 40.9 Å². The summed E-state index contributed by atoms with van der Waals surface area (Å²) in [6.07, 6.45) is 5.60. The fraction of sp³-hybridized carbons (Fsp3) is 0.238. The van der Waals surface area contributed by atoms with Crippen LogP contribution >= 0.6 is 11.8 Å². The first-order valence-electron chi connectivity index (χ1n) is 9.62. The number of carbonyl (C=O) groups excluding carboxylic acids is 1. The molecule has 3 aromatic rings. The molecule has 1 aromatic heterocycles. The SMILES string of the molecule is Cn1ccnc1Sc1ccccc1NC(=O)c1ccc(N2CCCC2)c([N+](=O)[O-])c1. The Morgan fingerprint density at radius 3 is 2.67 bits per heavy atom. The van der Waals surface area contributed by atoms with Crippen LogP contribution in [-0.2, 0) is 7.05 Å². The van der Waals surface area contributed by atoms with Gasteiger partial charge in [-0.15, -0.1) is 0 Å². The average molecular weight is 423 g/mol. The second kappa shape index (κ2) is 8.58. The van der Waals surface area contributed by atoms with E-state index in [1.165, 1.54) is 17.8 Å². The van der Waals surface area contributed by atoms with Crippen LogP contribution in [0.4, 0.5) is 17.1 Å². The molecule has 0 bridgehead atoms. The third kappa shape index (κ3) is 4.16. The zero-order chi connectivity index (χ0) is 21.1. The van der Waals surface area contributed by atoms with Gasteiger partial charge in [0.05, 0.1) is 10.6 Å². The van der Waals surface area contributed by atoms with Crippen molar-refractivity contribution < 1.29 is 9.72 Å². The number of benzene rings is 2. The number of carbonyl (C=O) groups is 1. The molecule has 2 aromatic carbocycles. The number of nitro benzene ring substituents is 1. The third-order valence-corrected chi connectivity index (χ3v) is 6.15. The molecule has 30 heavy (non-hydrogen) atoms. The highest BCUT2D eigenvalue weighted by molar-refractivity contribution is 7.99. The number of anilines is 2. The van der Waals surface area contributed by atoms with E-state index in [2.05, 4.69) is 10.3 Å². The molecule has 0 radical (unpaired) electrons. The first-order valence-corrected chi connectivity index (χ1v) is 10.4. The fourth-order valence-electron chi connectivity index (χ4n) is 3.44. The summed E-state index contributed by atoms with van der Waals surface area (Å²) in [5, 5.41) is 15.3. The van der Waals surface area contributed by atoms with Gasteiger partial charge in [-0.25, -0.2) is 4.98 Å². The number of amides is 1. The van der Waals surface area contributed by atoms with Gasteiger partial charge < -0.3 is 14.8 Å². The summed E-state index contributed by atoms with van der Waals surface area (Å²) in [5.41, 5.74) is 1.41. The molecule has 1 amide bonds. The largest absolute Gasteiger partial charge is 0.366 e. The molecule has 0 aliphatic carbocycles. The third-order valence-electron chi connectivity index (χ3n) is 4.99. The number of para-hydroxylation sites is 1. The van der Waals surface area contributed by atoms with Gasteiger partial charge in [-0.2, -0.15) is 0 Å². The van der Waals surface area contributed by atoms with E-state index < -0.39 is 4.92 Å². The monoisotopic (exact) mass is 423 g/mol. The number of hydrogen-bond donors (Lipinski definition) is 1. The highest BCUT2D eigenvalue weighted by Crippen LogP contribution is 2.34. The van der Waals surface area contributed by atoms with Crippen LogP contribution in [0.1, 0.15) is 23.2 Å². The van der Waals surface area contributed by atoms with E-state index in [9.17, 15) is 14.9 Å². The van der Waals surface area contributed by atoms with E-state index in [0.29, 0.717) is 11.4 Å². The lowest BCUT2D eigenvalue weighted by Gasteiger charge is -2.18. The van der Waals surface area contributed by atoms with Crippen molar-refractivity contribution in [2.75, 3.05) is 23.3 Å². The number of nitrogens with one attached hydrogen (secondary N) is 1. The minimum absolute atomic E-state index is 0.0415. The Hall–Kier alpha value is -3.33. The van der Waals surface area contributed by atoms with Gasteiger partial charge in [0, 0.05) is 49.1 Å². The van der Waals surface area contributed by atoms with Crippen molar-refractivity contribution >= 4 is 34.7 Å². The highest BCUT2D eigenvalue weighted by Gasteiger charge is 2.24. The van der Waals surface area contributed by atoms with Gasteiger partial charge in [-0.3, -0.25) is 14.9 Å². The Labute approximate surface area is 178 Å². The lowest BCUT2D eigenvalue weighted by atomic mass is 10.1. The van der Waals surface area contributed by atoms with Crippen molar-refractivity contribution in [1.29, 1.82) is 0 Å². The van der Waals surface area contributed by atoms with Crippen molar-refractivity contribution in [3.63, 3.8) is 0 Å². The van der Waals surface area contributed by atoms with Crippen LogP contribution in [0.5, 0.6) is 0 Å². The van der Waals surface area contributed by atoms with E-state index in [4.69, 9.17) is 0 Å². The molecule has 1 saturated heterocycles. The average Bonchev–Trinajstić information content (AvgIpc) is 3.41. The van der Waals surface area contributed by atoms with Crippen molar-refractivity contribution in [3.05, 3.63) is 70.5 Å². The summed E-state index contributed by atoms with van der Waals surface area (Å²) < 4.78 is 1.89. The maximum atomic E-state index is 12.9. The predicted molar refractivity (Wildman–Crippen MR) is 116 cm³/mol. The van der Waals surface area contributed by atoms with Gasteiger partial charge in [-0.05, 0) is 48.9 Å². The second-order valence-corrected chi connectivity index (χ2v) is 8.04. The van der Waals surface area contributed by atoms with Crippen LogP contribution < -0.4 is 10.2 Å². The number of aryl methyl sites for hydroxylation is 1. The molecule has 2 heterocycles. The van der Waals surface area contributed by atoms with Gasteiger partial charge >= 0.3 is 0 Å². The van der Waals surface area contributed by atoms with Crippen LogP contribution in [0.15, 0.2) is 64.9 Å². The summed E-state index contributed by atoms with van der Waals surface area (Å²) in [4.78, 5) is 31.2. The lowest BCUT2D eigenvalue weighted by molar-refractivity contribution is -0.384. The molecule has 0 saturated carbocycles. The van der Waals surface area contributed by atoms with E-state index in [0.717, 1.165) is 36.0 Å². The van der Waals surface area contributed by atoms with Gasteiger partial charge in [0.15, 0.2) is 5.16 Å². The Morgan fingerprint density at radius 2 is 1.97 bits per heavy atom. The summed E-state index contributed by atoms with van der Waals surface area (Å²) in [6.45, 7) is 1.59. The zero-order valence-electron chi connectivity index (χ0n) is 16.4. The fourth-order valence-corrected chi connectivity index (χ4v) is 4.33. The van der Waals surface area contributed by atoms with E-state index in [-0.39, 0.29) is 17.2 Å². The van der Waals surface area contributed by atoms with Gasteiger partial charge in [0.1, 0.15) is 5.69 Å². The smallest absolute Gasteiger partial charge is 0.293 e. The number of rotatable bonds is 6. The highest BCUT2D eigenvalue weighted by atomic mass is 32.2. The predicted octanol–water partition coefficient (Wildman–Crippen LogP) is 4.33. The maximum Gasteiger partial charge on any atom is 0.293 e.